The molecule has 2 amide bonds. The zero-order chi connectivity index (χ0) is 25.4. The third-order valence-corrected chi connectivity index (χ3v) is 7.45. The Kier molecular flexibility index (Phi) is 6.18. The minimum absolute atomic E-state index is 0.180. The van der Waals surface area contributed by atoms with Crippen molar-refractivity contribution in [3.63, 3.8) is 0 Å². The van der Waals surface area contributed by atoms with E-state index in [-0.39, 0.29) is 37.3 Å². The van der Waals surface area contributed by atoms with Gasteiger partial charge < -0.3 is 24.3 Å². The van der Waals surface area contributed by atoms with Crippen LogP contribution in [0, 0.1) is 5.92 Å². The standard InChI is InChI=1S/C29H28N2O6/c1-34-22-10-7-19(8-11-22)27-26(23(15-30-27)20-9-12-24-25(14-20)37-17-36-24)28(32)31-21(16-35-29(31)33)13-18-5-3-2-4-6-18/h2-12,14,21,23,26-27,30H,13,15-17H2,1H3/t21-,23-,26-,27+/m1/s1. The summed E-state index contributed by atoms with van der Waals surface area (Å²) in [5.74, 6) is 1.15. The smallest absolute Gasteiger partial charge is 0.416 e. The van der Waals surface area contributed by atoms with Gasteiger partial charge in [0.2, 0.25) is 12.7 Å². The number of benzene rings is 3. The molecule has 0 aromatic heterocycles. The zero-order valence-electron chi connectivity index (χ0n) is 20.5. The van der Waals surface area contributed by atoms with Crippen LogP contribution in [0.5, 0.6) is 17.2 Å². The molecule has 3 aromatic rings. The van der Waals surface area contributed by atoms with Crippen molar-refractivity contribution in [3.8, 4) is 17.2 Å². The van der Waals surface area contributed by atoms with Crippen molar-refractivity contribution in [1.29, 1.82) is 0 Å². The van der Waals surface area contributed by atoms with E-state index in [1.54, 1.807) is 7.11 Å². The normalized spacial score (nSPS) is 24.2. The van der Waals surface area contributed by atoms with Gasteiger partial charge in [0, 0.05) is 18.5 Å². The number of fused-ring (bicyclic) bond motifs is 1. The lowest BCUT2D eigenvalue weighted by Gasteiger charge is -2.29. The van der Waals surface area contributed by atoms with Crippen molar-refractivity contribution < 1.29 is 28.5 Å². The molecule has 6 rings (SSSR count). The first-order valence-electron chi connectivity index (χ1n) is 12.4. The number of hydrogen-bond acceptors (Lipinski definition) is 7. The van der Waals surface area contributed by atoms with Crippen LogP contribution in [-0.2, 0) is 16.0 Å². The van der Waals surface area contributed by atoms with Gasteiger partial charge in [-0.2, -0.15) is 0 Å². The summed E-state index contributed by atoms with van der Waals surface area (Å²) in [4.78, 5) is 28.5. The summed E-state index contributed by atoms with van der Waals surface area (Å²) in [6.07, 6.45) is -0.0452. The maximum absolute atomic E-state index is 14.3. The van der Waals surface area contributed by atoms with Gasteiger partial charge in [-0.3, -0.25) is 4.79 Å². The van der Waals surface area contributed by atoms with Gasteiger partial charge in [0.25, 0.3) is 0 Å². The molecule has 3 aliphatic heterocycles. The number of imide groups is 1. The third-order valence-electron chi connectivity index (χ3n) is 7.45. The Bertz CT molecular complexity index is 1300. The predicted octanol–water partition coefficient (Wildman–Crippen LogP) is 4.06. The lowest BCUT2D eigenvalue weighted by molar-refractivity contribution is -0.134. The Morgan fingerprint density at radius 3 is 2.51 bits per heavy atom. The van der Waals surface area contributed by atoms with Gasteiger partial charge >= 0.3 is 6.09 Å². The van der Waals surface area contributed by atoms with Crippen LogP contribution in [0.3, 0.4) is 0 Å². The second-order valence-electron chi connectivity index (χ2n) is 9.53. The fourth-order valence-electron chi connectivity index (χ4n) is 5.59. The SMILES string of the molecule is COc1ccc([C@@H]2NC[C@H](c3ccc4c(c3)OCO4)[C@H]2C(=O)N2C(=O)OC[C@H]2Cc2ccccc2)cc1. The summed E-state index contributed by atoms with van der Waals surface area (Å²) in [6, 6.07) is 22.7. The van der Waals surface area contributed by atoms with Crippen LogP contribution < -0.4 is 19.5 Å². The monoisotopic (exact) mass is 500 g/mol. The first-order chi connectivity index (χ1) is 18.1. The van der Waals surface area contributed by atoms with Gasteiger partial charge in [-0.05, 0) is 47.4 Å². The van der Waals surface area contributed by atoms with E-state index < -0.39 is 12.0 Å². The van der Waals surface area contributed by atoms with Crippen LogP contribution in [0.15, 0.2) is 72.8 Å². The van der Waals surface area contributed by atoms with E-state index in [0.717, 1.165) is 22.4 Å². The van der Waals surface area contributed by atoms with Crippen molar-refractivity contribution in [2.75, 3.05) is 27.1 Å². The number of carbonyl (C=O) groups excluding carboxylic acids is 2. The van der Waals surface area contributed by atoms with Crippen molar-refractivity contribution >= 4 is 12.0 Å². The highest BCUT2D eigenvalue weighted by Gasteiger charge is 2.49. The van der Waals surface area contributed by atoms with E-state index in [2.05, 4.69) is 5.32 Å². The molecule has 37 heavy (non-hydrogen) atoms. The molecule has 0 saturated carbocycles. The van der Waals surface area contributed by atoms with Gasteiger partial charge in [-0.25, -0.2) is 9.69 Å². The maximum Gasteiger partial charge on any atom is 0.416 e. The predicted molar refractivity (Wildman–Crippen MR) is 135 cm³/mol. The summed E-state index contributed by atoms with van der Waals surface area (Å²) in [6.45, 7) is 0.930. The molecule has 0 spiro atoms. The first-order valence-corrected chi connectivity index (χ1v) is 12.4. The zero-order valence-corrected chi connectivity index (χ0v) is 20.5. The second-order valence-corrected chi connectivity index (χ2v) is 9.53. The van der Waals surface area contributed by atoms with E-state index in [4.69, 9.17) is 18.9 Å². The fraction of sp³-hybridized carbons (Fsp3) is 0.310. The number of hydrogen-bond donors (Lipinski definition) is 1. The van der Waals surface area contributed by atoms with Crippen molar-refractivity contribution in [2.45, 2.75) is 24.4 Å². The Balaban J connectivity index is 1.35. The van der Waals surface area contributed by atoms with Crippen LogP contribution in [0.4, 0.5) is 4.79 Å². The quantitative estimate of drug-likeness (QED) is 0.546. The Hall–Kier alpha value is -4.04. The minimum Gasteiger partial charge on any atom is -0.497 e. The number of amides is 2. The molecule has 4 atom stereocenters. The summed E-state index contributed by atoms with van der Waals surface area (Å²) >= 11 is 0. The van der Waals surface area contributed by atoms with E-state index in [0.29, 0.717) is 24.5 Å². The van der Waals surface area contributed by atoms with Gasteiger partial charge in [-0.1, -0.05) is 48.5 Å². The fourth-order valence-corrected chi connectivity index (χ4v) is 5.59. The Morgan fingerprint density at radius 1 is 0.973 bits per heavy atom. The topological polar surface area (TPSA) is 86.3 Å². The molecule has 3 aliphatic rings. The highest BCUT2D eigenvalue weighted by atomic mass is 16.7. The number of ether oxygens (including phenoxy) is 4. The molecule has 8 heteroatoms. The highest BCUT2D eigenvalue weighted by molar-refractivity contribution is 5.96. The Morgan fingerprint density at radius 2 is 1.73 bits per heavy atom. The van der Waals surface area contributed by atoms with Gasteiger partial charge in [-0.15, -0.1) is 0 Å². The Labute approximate surface area is 215 Å². The molecule has 2 fully saturated rings. The van der Waals surface area contributed by atoms with Gasteiger partial charge in [0.15, 0.2) is 11.5 Å². The summed E-state index contributed by atoms with van der Waals surface area (Å²) in [5.41, 5.74) is 2.96. The van der Waals surface area contributed by atoms with Crippen LogP contribution in [0.1, 0.15) is 28.7 Å². The van der Waals surface area contributed by atoms with E-state index >= 15 is 0 Å². The van der Waals surface area contributed by atoms with E-state index in [9.17, 15) is 9.59 Å². The van der Waals surface area contributed by atoms with E-state index in [1.807, 2.05) is 72.8 Å². The average Bonchev–Trinajstić information content (AvgIpc) is 3.67. The summed E-state index contributed by atoms with van der Waals surface area (Å²) < 4.78 is 21.8. The van der Waals surface area contributed by atoms with Crippen LogP contribution in [-0.4, -0.2) is 50.0 Å². The molecule has 0 bridgehead atoms. The second kappa shape index (κ2) is 9.78. The molecule has 2 saturated heterocycles. The minimum atomic E-state index is -0.587. The first kappa shape index (κ1) is 23.4. The molecule has 0 radical (unpaired) electrons. The van der Waals surface area contributed by atoms with E-state index in [1.165, 1.54) is 4.90 Å². The number of carbonyl (C=O) groups is 2. The average molecular weight is 501 g/mol. The van der Waals surface area contributed by atoms with Gasteiger partial charge in [0.1, 0.15) is 12.4 Å². The number of cyclic esters (lactones) is 1. The molecular weight excluding hydrogens is 472 g/mol. The molecule has 3 aromatic carbocycles. The molecule has 0 unspecified atom stereocenters. The number of nitrogens with zero attached hydrogens (tertiary/aromatic N) is 1. The van der Waals surface area contributed by atoms with Crippen molar-refractivity contribution in [2.24, 2.45) is 5.92 Å². The van der Waals surface area contributed by atoms with Crippen molar-refractivity contribution in [1.82, 2.24) is 10.2 Å². The molecule has 0 aliphatic carbocycles. The van der Waals surface area contributed by atoms with Crippen LogP contribution in [0.2, 0.25) is 0 Å². The summed E-state index contributed by atoms with van der Waals surface area (Å²) in [7, 11) is 1.62. The molecule has 3 heterocycles. The number of nitrogens with one attached hydrogen (secondary N) is 1. The molecule has 1 N–H and O–H groups in total. The lowest BCUT2D eigenvalue weighted by Crippen LogP contribution is -2.45. The third kappa shape index (κ3) is 4.38. The number of methoxy groups -OCH3 is 1. The van der Waals surface area contributed by atoms with Crippen LogP contribution in [0.25, 0.3) is 0 Å². The largest absolute Gasteiger partial charge is 0.497 e. The molecular formula is C29H28N2O6. The van der Waals surface area contributed by atoms with Crippen LogP contribution >= 0.6 is 0 Å². The molecule has 190 valence electrons. The summed E-state index contributed by atoms with van der Waals surface area (Å²) in [5, 5.41) is 3.55. The molecule has 8 nitrogen and oxygen atoms in total. The van der Waals surface area contributed by atoms with Gasteiger partial charge in [0.05, 0.1) is 19.1 Å². The number of rotatable bonds is 6. The lowest BCUT2D eigenvalue weighted by atomic mass is 9.81. The highest BCUT2D eigenvalue weighted by Crippen LogP contribution is 2.44. The maximum atomic E-state index is 14.3. The van der Waals surface area contributed by atoms with Crippen molar-refractivity contribution in [3.05, 3.63) is 89.5 Å².